The summed E-state index contributed by atoms with van der Waals surface area (Å²) in [4.78, 5) is 28.8. The molecule has 30 heavy (non-hydrogen) atoms. The molecule has 1 fully saturated rings. The molecule has 154 valence electrons. The van der Waals surface area contributed by atoms with Crippen LogP contribution < -0.4 is 5.32 Å². The molecule has 1 aromatic heterocycles. The lowest BCUT2D eigenvalue weighted by Crippen LogP contribution is -2.39. The van der Waals surface area contributed by atoms with E-state index in [0.717, 1.165) is 11.3 Å². The molecule has 1 aliphatic heterocycles. The van der Waals surface area contributed by atoms with E-state index in [2.05, 4.69) is 15.5 Å². The number of amides is 3. The zero-order valence-electron chi connectivity index (χ0n) is 16.3. The van der Waals surface area contributed by atoms with E-state index in [1.54, 1.807) is 16.0 Å². The largest absolute Gasteiger partial charge is 0.337 e. The van der Waals surface area contributed by atoms with Gasteiger partial charge in [0.2, 0.25) is 0 Å². The fourth-order valence-corrected chi connectivity index (χ4v) is 3.48. The minimum Gasteiger partial charge on any atom is -0.337 e. The average Bonchev–Trinajstić information content (AvgIpc) is 3.18. The van der Waals surface area contributed by atoms with E-state index in [1.807, 2.05) is 30.3 Å². The third kappa shape index (κ3) is 4.48. The van der Waals surface area contributed by atoms with Crippen molar-refractivity contribution in [2.75, 3.05) is 31.5 Å². The van der Waals surface area contributed by atoms with E-state index in [1.165, 1.54) is 24.3 Å². The van der Waals surface area contributed by atoms with E-state index >= 15 is 0 Å². The van der Waals surface area contributed by atoms with Gasteiger partial charge in [-0.3, -0.25) is 9.89 Å². The normalized spacial score (nSPS) is 14.3. The summed E-state index contributed by atoms with van der Waals surface area (Å²) >= 11 is 0. The highest BCUT2D eigenvalue weighted by Crippen LogP contribution is 2.21. The number of rotatable bonds is 3. The van der Waals surface area contributed by atoms with Crippen molar-refractivity contribution in [1.82, 2.24) is 20.0 Å². The highest BCUT2D eigenvalue weighted by atomic mass is 19.1. The number of anilines is 1. The van der Waals surface area contributed by atoms with Crippen molar-refractivity contribution < 1.29 is 14.0 Å². The molecular formula is C22H22FN5O2. The number of urea groups is 1. The first kappa shape index (κ1) is 19.6. The molecule has 7 nitrogen and oxygen atoms in total. The van der Waals surface area contributed by atoms with Gasteiger partial charge in [-0.1, -0.05) is 12.1 Å². The van der Waals surface area contributed by atoms with Gasteiger partial charge in [-0.2, -0.15) is 5.10 Å². The number of hydrogen-bond donors (Lipinski definition) is 2. The van der Waals surface area contributed by atoms with Crippen molar-refractivity contribution in [2.45, 2.75) is 6.42 Å². The molecule has 0 saturated carbocycles. The van der Waals surface area contributed by atoms with E-state index in [4.69, 9.17) is 0 Å². The summed E-state index contributed by atoms with van der Waals surface area (Å²) in [6, 6.07) is 14.7. The third-order valence-electron chi connectivity index (χ3n) is 5.09. The molecular weight excluding hydrogens is 385 g/mol. The number of carbonyl (C=O) groups excluding carboxylic acids is 2. The SMILES string of the molecule is O=C(Nc1cccc(-c2ccn[nH]2)c1)N1CCCN(C(=O)c2ccc(F)cc2)CC1. The molecule has 3 amide bonds. The lowest BCUT2D eigenvalue weighted by atomic mass is 10.1. The summed E-state index contributed by atoms with van der Waals surface area (Å²) < 4.78 is 13.1. The molecule has 0 aliphatic carbocycles. The smallest absolute Gasteiger partial charge is 0.321 e. The van der Waals surface area contributed by atoms with Gasteiger partial charge in [0.1, 0.15) is 5.82 Å². The molecule has 0 atom stereocenters. The Labute approximate surface area is 173 Å². The van der Waals surface area contributed by atoms with Gasteiger partial charge >= 0.3 is 6.03 Å². The van der Waals surface area contributed by atoms with Crippen molar-refractivity contribution in [2.24, 2.45) is 0 Å². The van der Waals surface area contributed by atoms with Gasteiger partial charge in [-0.05, 0) is 48.9 Å². The summed E-state index contributed by atoms with van der Waals surface area (Å²) in [7, 11) is 0. The summed E-state index contributed by atoms with van der Waals surface area (Å²) in [5.41, 5.74) is 2.94. The average molecular weight is 407 g/mol. The first-order valence-electron chi connectivity index (χ1n) is 9.81. The van der Waals surface area contributed by atoms with Gasteiger partial charge in [-0.25, -0.2) is 9.18 Å². The standard InChI is InChI=1S/C22H22FN5O2/c23-18-7-5-16(6-8-18)21(29)27-11-2-12-28(14-13-27)22(30)25-19-4-1-3-17(15-19)20-9-10-24-26-20/h1,3-10,15H,2,11-14H2,(H,24,26)(H,25,30). The van der Waals surface area contributed by atoms with Crippen LogP contribution in [-0.2, 0) is 0 Å². The lowest BCUT2D eigenvalue weighted by Gasteiger charge is -2.22. The highest BCUT2D eigenvalue weighted by molar-refractivity contribution is 5.94. The van der Waals surface area contributed by atoms with Gasteiger partial charge in [0.15, 0.2) is 0 Å². The minimum atomic E-state index is -0.373. The molecule has 1 aliphatic rings. The molecule has 1 saturated heterocycles. The van der Waals surface area contributed by atoms with Crippen LogP contribution >= 0.6 is 0 Å². The Morgan fingerprint density at radius 3 is 2.50 bits per heavy atom. The van der Waals surface area contributed by atoms with Crippen molar-refractivity contribution in [3.63, 3.8) is 0 Å². The van der Waals surface area contributed by atoms with E-state index < -0.39 is 0 Å². The van der Waals surface area contributed by atoms with Gasteiger partial charge in [-0.15, -0.1) is 0 Å². The molecule has 0 unspecified atom stereocenters. The minimum absolute atomic E-state index is 0.149. The maximum atomic E-state index is 13.1. The molecule has 2 heterocycles. The summed E-state index contributed by atoms with van der Waals surface area (Å²) in [5, 5.41) is 9.79. The number of aromatic nitrogens is 2. The van der Waals surface area contributed by atoms with Crippen LogP contribution in [0.3, 0.4) is 0 Å². The Morgan fingerprint density at radius 1 is 0.967 bits per heavy atom. The van der Waals surface area contributed by atoms with Crippen molar-refractivity contribution in [3.8, 4) is 11.3 Å². The zero-order valence-corrected chi connectivity index (χ0v) is 16.3. The summed E-state index contributed by atoms with van der Waals surface area (Å²) in [5.74, 6) is -0.522. The van der Waals surface area contributed by atoms with Crippen LogP contribution in [0.15, 0.2) is 60.8 Å². The van der Waals surface area contributed by atoms with Gasteiger partial charge in [0.05, 0.1) is 5.69 Å². The van der Waals surface area contributed by atoms with Crippen molar-refractivity contribution >= 4 is 17.6 Å². The monoisotopic (exact) mass is 407 g/mol. The molecule has 0 spiro atoms. The first-order chi connectivity index (χ1) is 14.6. The predicted octanol–water partition coefficient (Wildman–Crippen LogP) is 3.60. The number of hydrogen-bond acceptors (Lipinski definition) is 3. The van der Waals surface area contributed by atoms with Gasteiger partial charge < -0.3 is 15.1 Å². The Balaban J connectivity index is 1.37. The van der Waals surface area contributed by atoms with Crippen LogP contribution in [0.2, 0.25) is 0 Å². The predicted molar refractivity (Wildman–Crippen MR) is 112 cm³/mol. The molecule has 8 heteroatoms. The number of nitrogens with zero attached hydrogens (tertiary/aromatic N) is 3. The molecule has 4 rings (SSSR count). The number of benzene rings is 2. The molecule has 2 aromatic carbocycles. The maximum Gasteiger partial charge on any atom is 0.321 e. The maximum absolute atomic E-state index is 13.1. The van der Waals surface area contributed by atoms with Crippen LogP contribution in [0.25, 0.3) is 11.3 Å². The van der Waals surface area contributed by atoms with Crippen molar-refractivity contribution in [3.05, 3.63) is 72.2 Å². The Morgan fingerprint density at radius 2 is 1.73 bits per heavy atom. The quantitative estimate of drug-likeness (QED) is 0.696. The van der Waals surface area contributed by atoms with Crippen LogP contribution in [0, 0.1) is 5.82 Å². The third-order valence-corrected chi connectivity index (χ3v) is 5.09. The van der Waals surface area contributed by atoms with Gasteiger partial charge in [0.25, 0.3) is 5.91 Å². The Bertz CT molecular complexity index is 1020. The Kier molecular flexibility index (Phi) is 5.74. The second kappa shape index (κ2) is 8.77. The lowest BCUT2D eigenvalue weighted by molar-refractivity contribution is 0.0762. The molecule has 3 aromatic rings. The van der Waals surface area contributed by atoms with Crippen LogP contribution in [0.1, 0.15) is 16.8 Å². The van der Waals surface area contributed by atoms with Crippen molar-refractivity contribution in [1.29, 1.82) is 0 Å². The second-order valence-electron chi connectivity index (χ2n) is 7.12. The molecule has 0 bridgehead atoms. The first-order valence-corrected chi connectivity index (χ1v) is 9.81. The molecule has 2 N–H and O–H groups in total. The fraction of sp³-hybridized carbons (Fsp3) is 0.227. The van der Waals surface area contributed by atoms with E-state index in [9.17, 15) is 14.0 Å². The second-order valence-corrected chi connectivity index (χ2v) is 7.12. The van der Waals surface area contributed by atoms with Crippen LogP contribution in [-0.4, -0.2) is 58.1 Å². The fourth-order valence-electron chi connectivity index (χ4n) is 3.48. The number of H-pyrrole nitrogens is 1. The van der Waals surface area contributed by atoms with E-state index in [0.29, 0.717) is 43.9 Å². The van der Waals surface area contributed by atoms with E-state index in [-0.39, 0.29) is 17.8 Å². The molecule has 0 radical (unpaired) electrons. The van der Waals surface area contributed by atoms with Gasteiger partial charge in [0, 0.05) is 49.2 Å². The Hall–Kier alpha value is -3.68. The van der Waals surface area contributed by atoms with Crippen LogP contribution in [0.4, 0.5) is 14.9 Å². The van der Waals surface area contributed by atoms with Crippen LogP contribution in [0.5, 0.6) is 0 Å². The summed E-state index contributed by atoms with van der Waals surface area (Å²) in [6.45, 7) is 1.96. The topological polar surface area (TPSA) is 81.3 Å². The number of aromatic amines is 1. The highest BCUT2D eigenvalue weighted by Gasteiger charge is 2.23. The number of nitrogens with one attached hydrogen (secondary N) is 2. The zero-order chi connectivity index (χ0) is 20.9. The number of carbonyl (C=O) groups is 2. The summed E-state index contributed by atoms with van der Waals surface area (Å²) in [6.07, 6.45) is 2.35. The number of halogens is 1.